The first kappa shape index (κ1) is 24.2. The summed E-state index contributed by atoms with van der Waals surface area (Å²) in [5.74, 6) is -0.678. The van der Waals surface area contributed by atoms with Crippen molar-refractivity contribution >= 4 is 57.8 Å². The number of carbonyl (C=O) groups excluding carboxylic acids is 2. The molecular weight excluding hydrogens is 503 g/mol. The summed E-state index contributed by atoms with van der Waals surface area (Å²) >= 11 is 17.7. The summed E-state index contributed by atoms with van der Waals surface area (Å²) < 4.78 is -0.219. The van der Waals surface area contributed by atoms with Crippen LogP contribution in [0.25, 0.3) is 5.57 Å². The van der Waals surface area contributed by atoms with Crippen molar-refractivity contribution in [3.63, 3.8) is 0 Å². The Morgan fingerprint density at radius 3 is 2.46 bits per heavy atom. The number of allylic oxidation sites excluding steroid dienone is 2. The lowest BCUT2D eigenvalue weighted by Crippen LogP contribution is -2.30. The van der Waals surface area contributed by atoms with Crippen LogP contribution in [0.1, 0.15) is 68.9 Å². The third kappa shape index (κ3) is 4.67. The molecule has 1 aromatic heterocycles. The minimum absolute atomic E-state index is 0.0892. The Kier molecular flexibility index (Phi) is 6.56. The number of aryl methyl sites for hydroxylation is 1. The van der Waals surface area contributed by atoms with Crippen LogP contribution in [0, 0.1) is 6.92 Å². The Labute approximate surface area is 220 Å². The predicted octanol–water partition coefficient (Wildman–Crippen LogP) is 7.52. The predicted molar refractivity (Wildman–Crippen MR) is 143 cm³/mol. The number of amides is 1. The normalized spacial score (nSPS) is 15.7. The lowest BCUT2D eigenvalue weighted by Gasteiger charge is -2.23. The van der Waals surface area contributed by atoms with Crippen molar-refractivity contribution < 1.29 is 9.59 Å². The van der Waals surface area contributed by atoms with Crippen LogP contribution in [0.4, 0.5) is 5.69 Å². The number of nitrogens with zero attached hydrogens (tertiary/aromatic N) is 2. The highest BCUT2D eigenvalue weighted by Gasteiger charge is 2.35. The van der Waals surface area contributed by atoms with E-state index in [0.717, 1.165) is 35.3 Å². The largest absolute Gasteiger partial charge is 0.336 e. The van der Waals surface area contributed by atoms with E-state index in [1.165, 1.54) is 24.0 Å². The lowest BCUT2D eigenvalue weighted by molar-refractivity contribution is 0.0980. The molecule has 2 aliphatic rings. The van der Waals surface area contributed by atoms with E-state index < -0.39 is 9.58 Å². The number of hydrogen-bond donors (Lipinski definition) is 0. The number of ketones is 1. The molecule has 0 saturated heterocycles. The first-order valence-electron chi connectivity index (χ1n) is 11.7. The topological polar surface area (TPSA) is 42.3 Å². The summed E-state index contributed by atoms with van der Waals surface area (Å²) in [6.07, 6.45) is 6.97. The Morgan fingerprint density at radius 1 is 0.943 bits per heavy atom. The van der Waals surface area contributed by atoms with Gasteiger partial charge in [0.15, 0.2) is 0 Å². The molecule has 5 rings (SSSR count). The van der Waals surface area contributed by atoms with Gasteiger partial charge in [-0.3, -0.25) is 9.59 Å². The fourth-order valence-corrected chi connectivity index (χ4v) is 5.37. The highest BCUT2D eigenvalue weighted by atomic mass is 35.6. The van der Waals surface area contributed by atoms with Crippen LogP contribution < -0.4 is 4.90 Å². The number of halogens is 3. The van der Waals surface area contributed by atoms with Gasteiger partial charge in [-0.05, 0) is 85.2 Å². The maximum atomic E-state index is 13.8. The van der Waals surface area contributed by atoms with Crippen molar-refractivity contribution in [1.29, 1.82) is 0 Å². The van der Waals surface area contributed by atoms with E-state index in [-0.39, 0.29) is 5.91 Å². The molecule has 2 heterocycles. The molecular formula is C28H25Cl3N2O2. The Bertz CT molecular complexity index is 1350. The van der Waals surface area contributed by atoms with Gasteiger partial charge in [-0.25, -0.2) is 0 Å². The summed E-state index contributed by atoms with van der Waals surface area (Å²) in [4.78, 5) is 28.4. The third-order valence-electron chi connectivity index (χ3n) is 6.85. The average molecular weight is 528 g/mol. The number of benzene rings is 2. The minimum Gasteiger partial charge on any atom is -0.336 e. The molecule has 180 valence electrons. The number of fused-ring (bicyclic) bond motifs is 2. The van der Waals surface area contributed by atoms with Gasteiger partial charge in [-0.1, -0.05) is 65.1 Å². The molecule has 1 aliphatic carbocycles. The number of rotatable bonds is 3. The number of alkyl halides is 3. The minimum atomic E-state index is -2.05. The Hall–Kier alpha value is -2.53. The van der Waals surface area contributed by atoms with Gasteiger partial charge in [0.2, 0.25) is 5.78 Å². The zero-order valence-corrected chi connectivity index (χ0v) is 21.6. The highest BCUT2D eigenvalue weighted by Crippen LogP contribution is 2.35. The number of carbonyl (C=O) groups is 2. The van der Waals surface area contributed by atoms with Gasteiger partial charge in [0.1, 0.15) is 0 Å². The number of hydrogen-bond acceptors (Lipinski definition) is 2. The monoisotopic (exact) mass is 526 g/mol. The van der Waals surface area contributed by atoms with Crippen LogP contribution in [0.2, 0.25) is 0 Å². The fourth-order valence-electron chi connectivity index (χ4n) is 5.08. The quantitative estimate of drug-likeness (QED) is 0.261. The maximum Gasteiger partial charge on any atom is 0.258 e. The van der Waals surface area contributed by atoms with Gasteiger partial charge in [0.05, 0.1) is 18.8 Å². The van der Waals surface area contributed by atoms with E-state index >= 15 is 0 Å². The molecule has 35 heavy (non-hydrogen) atoms. The fraction of sp³-hybridized carbons (Fsp3) is 0.286. The summed E-state index contributed by atoms with van der Waals surface area (Å²) in [5, 5.41) is 0. The second-order valence-electron chi connectivity index (χ2n) is 9.15. The van der Waals surface area contributed by atoms with Crippen LogP contribution in [0.3, 0.4) is 0 Å². The summed E-state index contributed by atoms with van der Waals surface area (Å²) in [6.45, 7) is 2.77. The molecule has 0 atom stereocenters. The molecule has 1 amide bonds. The smallest absolute Gasteiger partial charge is 0.258 e. The molecule has 0 saturated carbocycles. The highest BCUT2D eigenvalue weighted by molar-refractivity contribution is 6.77. The van der Waals surface area contributed by atoms with E-state index in [1.807, 2.05) is 47.0 Å². The van der Waals surface area contributed by atoms with E-state index in [1.54, 1.807) is 11.0 Å². The summed E-state index contributed by atoms with van der Waals surface area (Å²) in [6, 6.07) is 17.2. The van der Waals surface area contributed by atoms with Gasteiger partial charge in [0.25, 0.3) is 9.70 Å². The van der Waals surface area contributed by atoms with E-state index in [0.29, 0.717) is 24.3 Å². The second kappa shape index (κ2) is 9.50. The van der Waals surface area contributed by atoms with Gasteiger partial charge in [-0.15, -0.1) is 0 Å². The zero-order valence-electron chi connectivity index (χ0n) is 19.4. The van der Waals surface area contributed by atoms with E-state index in [2.05, 4.69) is 19.1 Å². The van der Waals surface area contributed by atoms with Crippen LogP contribution >= 0.6 is 34.8 Å². The molecule has 0 unspecified atom stereocenters. The van der Waals surface area contributed by atoms with Crippen LogP contribution in [0.15, 0.2) is 60.7 Å². The SMILES string of the molecule is Cc1cc(C(=O)N2Cc3ccc(C(=O)C(Cl)(Cl)Cl)n3Cc3ccccc32)ccc1C1=CCCCC1. The van der Waals surface area contributed by atoms with Gasteiger partial charge in [0, 0.05) is 16.9 Å². The molecule has 7 heteroatoms. The zero-order chi connectivity index (χ0) is 24.7. The lowest BCUT2D eigenvalue weighted by atomic mass is 9.90. The standard InChI is InChI=1S/C28H25Cl3N2O2/c1-18-15-20(11-13-23(18)19-7-3-2-4-8-19)27(35)33-17-22-12-14-25(26(34)28(29,30)31)32(22)16-21-9-5-6-10-24(21)33/h5-7,9-15H,2-4,8,16-17H2,1H3. The average Bonchev–Trinajstić information content (AvgIpc) is 3.15. The first-order valence-corrected chi connectivity index (χ1v) is 12.9. The van der Waals surface area contributed by atoms with Crippen molar-refractivity contribution in [1.82, 2.24) is 4.57 Å². The molecule has 3 aromatic rings. The van der Waals surface area contributed by atoms with Crippen molar-refractivity contribution in [3.8, 4) is 0 Å². The summed E-state index contributed by atoms with van der Waals surface area (Å²) in [7, 11) is 0. The maximum absolute atomic E-state index is 13.8. The molecule has 0 radical (unpaired) electrons. The molecule has 4 nitrogen and oxygen atoms in total. The number of aromatic nitrogens is 1. The number of para-hydroxylation sites is 1. The molecule has 0 fully saturated rings. The number of Topliss-reactive ketones (excluding diaryl/α,β-unsaturated/α-hetero) is 1. The van der Waals surface area contributed by atoms with Gasteiger partial charge < -0.3 is 9.47 Å². The van der Waals surface area contributed by atoms with Crippen LogP contribution in [0.5, 0.6) is 0 Å². The van der Waals surface area contributed by atoms with Crippen LogP contribution in [-0.4, -0.2) is 20.1 Å². The first-order chi connectivity index (χ1) is 16.7. The van der Waals surface area contributed by atoms with Crippen LogP contribution in [-0.2, 0) is 13.1 Å². The molecule has 2 aromatic carbocycles. The van der Waals surface area contributed by atoms with Crippen molar-refractivity contribution in [2.24, 2.45) is 0 Å². The third-order valence-corrected chi connectivity index (χ3v) is 7.36. The van der Waals surface area contributed by atoms with E-state index in [4.69, 9.17) is 34.8 Å². The Morgan fingerprint density at radius 2 is 1.74 bits per heavy atom. The molecule has 0 spiro atoms. The molecule has 1 aliphatic heterocycles. The van der Waals surface area contributed by atoms with E-state index in [9.17, 15) is 9.59 Å². The Balaban J connectivity index is 1.52. The molecule has 0 bridgehead atoms. The summed E-state index contributed by atoms with van der Waals surface area (Å²) in [5.41, 5.74) is 7.16. The number of anilines is 1. The van der Waals surface area contributed by atoms with Crippen molar-refractivity contribution in [2.75, 3.05) is 4.90 Å². The van der Waals surface area contributed by atoms with Gasteiger partial charge >= 0.3 is 0 Å². The van der Waals surface area contributed by atoms with Crippen molar-refractivity contribution in [2.45, 2.75) is 49.5 Å². The van der Waals surface area contributed by atoms with Crippen molar-refractivity contribution in [3.05, 3.63) is 94.3 Å². The second-order valence-corrected chi connectivity index (χ2v) is 11.4. The van der Waals surface area contributed by atoms with Gasteiger partial charge in [-0.2, -0.15) is 0 Å². The molecule has 0 N–H and O–H groups in total.